The number of ether oxygens (including phenoxy) is 3. The van der Waals surface area contributed by atoms with Crippen molar-refractivity contribution in [2.45, 2.75) is 0 Å². The lowest BCUT2D eigenvalue weighted by Gasteiger charge is -2.14. The van der Waals surface area contributed by atoms with Gasteiger partial charge in [0, 0.05) is 18.2 Å². The lowest BCUT2D eigenvalue weighted by atomic mass is 10.3. The van der Waals surface area contributed by atoms with Crippen LogP contribution in [-0.2, 0) is 0 Å². The molecule has 0 saturated carbocycles. The number of nitrogens with one attached hydrogen (secondary N) is 9. The predicted molar refractivity (Wildman–Crippen MR) is 137 cm³/mol. The zero-order valence-electron chi connectivity index (χ0n) is 21.4. The summed E-state index contributed by atoms with van der Waals surface area (Å²) in [7, 11) is 0. The highest BCUT2D eigenvalue weighted by Crippen LogP contribution is 2.28. The van der Waals surface area contributed by atoms with Gasteiger partial charge in [0.1, 0.15) is 37.1 Å². The minimum absolute atomic E-state index is 0.0870. The van der Waals surface area contributed by atoms with Gasteiger partial charge in [0.15, 0.2) is 0 Å². The maximum absolute atomic E-state index is 11.9. The van der Waals surface area contributed by atoms with Crippen molar-refractivity contribution in [1.29, 1.82) is 0 Å². The fourth-order valence-corrected chi connectivity index (χ4v) is 2.89. The van der Waals surface area contributed by atoms with Crippen molar-refractivity contribution in [2.75, 3.05) is 55.4 Å². The molecule has 0 aliphatic carbocycles. The van der Waals surface area contributed by atoms with E-state index in [9.17, 15) is 14.4 Å². The molecule has 24 heteroatoms. The van der Waals surface area contributed by atoms with E-state index in [1.54, 1.807) is 18.2 Å². The number of benzene rings is 1. The van der Waals surface area contributed by atoms with Crippen molar-refractivity contribution >= 4 is 35.9 Å². The average molecular weight is 589 g/mol. The number of hydrogen-bond acceptors (Lipinski definition) is 15. The molecule has 0 atom stereocenters. The van der Waals surface area contributed by atoms with Crippen molar-refractivity contribution in [3.63, 3.8) is 0 Å². The van der Waals surface area contributed by atoms with Gasteiger partial charge in [-0.15, -0.1) is 0 Å². The smallest absolute Gasteiger partial charge is 0.321 e. The molecule has 3 heterocycles. The third-order valence-corrected chi connectivity index (χ3v) is 4.55. The highest BCUT2D eigenvalue weighted by molar-refractivity contribution is 5.88. The van der Waals surface area contributed by atoms with Crippen LogP contribution in [0.5, 0.6) is 17.2 Å². The number of aromatic nitrogens is 12. The molecule has 9 N–H and O–H groups in total. The molecule has 0 aliphatic heterocycles. The highest BCUT2D eigenvalue weighted by atomic mass is 16.5. The molecule has 4 rings (SSSR count). The van der Waals surface area contributed by atoms with Gasteiger partial charge in [-0.3, -0.25) is 16.0 Å². The normalized spacial score (nSPS) is 10.3. The summed E-state index contributed by atoms with van der Waals surface area (Å²) in [4.78, 5) is 35.6. The zero-order valence-corrected chi connectivity index (χ0v) is 21.4. The molecule has 0 radical (unpaired) electrons. The van der Waals surface area contributed by atoms with Crippen LogP contribution in [0.1, 0.15) is 0 Å². The first kappa shape index (κ1) is 28.6. The van der Waals surface area contributed by atoms with Crippen molar-refractivity contribution in [1.82, 2.24) is 77.8 Å². The Hall–Kier alpha value is -6.36. The second-order valence-electron chi connectivity index (χ2n) is 7.58. The molecule has 0 saturated heterocycles. The first-order valence-corrected chi connectivity index (χ1v) is 11.9. The summed E-state index contributed by atoms with van der Waals surface area (Å²) in [6.45, 7) is 0.737. The van der Waals surface area contributed by atoms with Crippen LogP contribution < -0.4 is 46.1 Å². The fourth-order valence-electron chi connectivity index (χ4n) is 2.89. The number of urea groups is 3. The Kier molecular flexibility index (Phi) is 10.4. The van der Waals surface area contributed by atoms with E-state index in [1.807, 2.05) is 0 Å². The summed E-state index contributed by atoms with van der Waals surface area (Å²) in [5.41, 5.74) is 0. The summed E-state index contributed by atoms with van der Waals surface area (Å²) >= 11 is 0. The van der Waals surface area contributed by atoms with Crippen LogP contribution in [-0.4, -0.2) is 119 Å². The van der Waals surface area contributed by atoms with Gasteiger partial charge in [0.05, 0.1) is 19.6 Å². The van der Waals surface area contributed by atoms with Gasteiger partial charge >= 0.3 is 18.1 Å². The lowest BCUT2D eigenvalue weighted by Crippen LogP contribution is -2.32. The summed E-state index contributed by atoms with van der Waals surface area (Å²) in [5.74, 6) is 1.38. The van der Waals surface area contributed by atoms with E-state index < -0.39 is 18.1 Å². The molecule has 0 aliphatic rings. The fraction of sp³-hybridized carbons (Fsp3) is 0.333. The first-order chi connectivity index (χ1) is 20.5. The lowest BCUT2D eigenvalue weighted by molar-refractivity contribution is 0.245. The molecule has 0 unspecified atom stereocenters. The quantitative estimate of drug-likeness (QED) is 0.0667. The summed E-state index contributed by atoms with van der Waals surface area (Å²) in [6, 6.07) is 3.20. The van der Waals surface area contributed by atoms with Crippen LogP contribution in [0.4, 0.5) is 32.2 Å². The number of nitrogens with zero attached hydrogens (tertiary/aromatic N) is 9. The second kappa shape index (κ2) is 15.3. The largest absolute Gasteiger partial charge is 0.491 e. The monoisotopic (exact) mass is 588 g/mol. The maximum Gasteiger partial charge on any atom is 0.321 e. The van der Waals surface area contributed by atoms with Gasteiger partial charge in [-0.25, -0.2) is 29.7 Å². The Balaban J connectivity index is 1.24. The van der Waals surface area contributed by atoms with Crippen LogP contribution >= 0.6 is 0 Å². The van der Waals surface area contributed by atoms with Crippen LogP contribution in [0.3, 0.4) is 0 Å². The Bertz CT molecular complexity index is 1200. The van der Waals surface area contributed by atoms with Gasteiger partial charge in [-0.2, -0.15) is 0 Å². The van der Waals surface area contributed by atoms with Gasteiger partial charge < -0.3 is 30.2 Å². The molecule has 1 aromatic carbocycles. The van der Waals surface area contributed by atoms with E-state index in [4.69, 9.17) is 14.2 Å². The molecule has 0 bridgehead atoms. The Morgan fingerprint density at radius 1 is 0.548 bits per heavy atom. The number of aromatic amines is 3. The van der Waals surface area contributed by atoms with E-state index >= 15 is 0 Å². The van der Waals surface area contributed by atoms with E-state index in [1.165, 1.54) is 0 Å². The van der Waals surface area contributed by atoms with Crippen LogP contribution in [0, 0.1) is 0 Å². The number of rotatable bonds is 15. The number of anilines is 3. The Morgan fingerprint density at radius 2 is 0.857 bits per heavy atom. The van der Waals surface area contributed by atoms with Crippen molar-refractivity contribution in [2.24, 2.45) is 0 Å². The molecule has 24 nitrogen and oxygen atoms in total. The average Bonchev–Trinajstić information content (AvgIpc) is 3.77. The van der Waals surface area contributed by atoms with Crippen molar-refractivity contribution in [3.05, 3.63) is 18.2 Å². The molecule has 3 aromatic heterocycles. The van der Waals surface area contributed by atoms with Crippen molar-refractivity contribution in [3.8, 4) is 17.2 Å². The SMILES string of the molecule is O=C(NCCOc1cc(OCCNC(=O)Nc2nnn[nH]2)cc(OCCNC(=O)Nc2nnn[nH]2)c1)Nc1nnn[nH]1. The van der Waals surface area contributed by atoms with E-state index in [0.717, 1.165) is 0 Å². The van der Waals surface area contributed by atoms with Crippen LogP contribution in [0.25, 0.3) is 0 Å². The number of amides is 6. The molecule has 4 aromatic rings. The first-order valence-electron chi connectivity index (χ1n) is 11.9. The summed E-state index contributed by atoms with van der Waals surface area (Å²) in [5, 5.41) is 52.9. The van der Waals surface area contributed by atoms with Gasteiger partial charge in [0.25, 0.3) is 0 Å². The Morgan fingerprint density at radius 3 is 1.12 bits per heavy atom. The number of hydrogen-bond donors (Lipinski definition) is 9. The standard InChI is InChI=1S/C18H24N18O6/c37-16(22-13-25-31-32-26-13)19-1-4-40-10-7-11(41-5-2-20-17(38)23-14-27-33-34-28-14)9-12(8-10)42-6-3-21-18(39)24-15-29-35-36-30-15/h7-9H,1-6H2,(H3,19,22,25,26,31,32,37)(H3,20,23,27,28,33,34,38)(H3,21,24,29,30,35,36,39). The number of tetrazole rings is 3. The number of carbonyl (C=O) groups excluding carboxylic acids is 3. The van der Waals surface area contributed by atoms with Gasteiger partial charge in [-0.05, 0) is 31.3 Å². The topological polar surface area (TPSA) is 314 Å². The van der Waals surface area contributed by atoms with Crippen LogP contribution in [0.2, 0.25) is 0 Å². The van der Waals surface area contributed by atoms with E-state index in [0.29, 0.717) is 17.2 Å². The Labute approximate surface area is 233 Å². The molecule has 0 spiro atoms. The summed E-state index contributed by atoms with van der Waals surface area (Å²) in [6.07, 6.45) is 0. The van der Waals surface area contributed by atoms with E-state index in [2.05, 4.69) is 93.8 Å². The predicted octanol–water partition coefficient (Wildman–Crippen LogP) is -2.17. The highest BCUT2D eigenvalue weighted by Gasteiger charge is 2.09. The maximum atomic E-state index is 11.9. The molecule has 42 heavy (non-hydrogen) atoms. The van der Waals surface area contributed by atoms with E-state index in [-0.39, 0.29) is 57.3 Å². The number of carbonyl (C=O) groups is 3. The minimum atomic E-state index is -0.537. The van der Waals surface area contributed by atoms with Gasteiger partial charge in [-0.1, -0.05) is 15.3 Å². The number of H-pyrrole nitrogens is 3. The third kappa shape index (κ3) is 10.1. The van der Waals surface area contributed by atoms with Gasteiger partial charge in [0.2, 0.25) is 17.8 Å². The van der Waals surface area contributed by atoms with Crippen molar-refractivity contribution < 1.29 is 28.6 Å². The molecule has 0 fully saturated rings. The molecule has 222 valence electrons. The third-order valence-electron chi connectivity index (χ3n) is 4.55. The second-order valence-corrected chi connectivity index (χ2v) is 7.58. The molecular formula is C18H24N18O6. The van der Waals surface area contributed by atoms with Crippen LogP contribution in [0.15, 0.2) is 18.2 Å². The zero-order chi connectivity index (χ0) is 29.4. The minimum Gasteiger partial charge on any atom is -0.491 e. The molecule has 6 amide bonds. The molecular weight excluding hydrogens is 564 g/mol. The summed E-state index contributed by atoms with van der Waals surface area (Å²) < 4.78 is 17.2.